The number of carbonyl (C=O) groups is 2. The van der Waals surface area contributed by atoms with Crippen molar-refractivity contribution in [3.05, 3.63) is 88.4 Å². The number of halogens is 1. The van der Waals surface area contributed by atoms with Crippen LogP contribution in [0.25, 0.3) is 0 Å². The van der Waals surface area contributed by atoms with E-state index in [0.717, 1.165) is 9.87 Å². The first-order valence-electron chi connectivity index (χ1n) is 9.96. The Morgan fingerprint density at radius 3 is 2.36 bits per heavy atom. The maximum absolute atomic E-state index is 13.5. The maximum Gasteiger partial charge on any atom is 0.337 e. The van der Waals surface area contributed by atoms with Crippen LogP contribution in [-0.2, 0) is 19.6 Å². The van der Waals surface area contributed by atoms with E-state index in [0.29, 0.717) is 11.3 Å². The van der Waals surface area contributed by atoms with Crippen LogP contribution in [-0.4, -0.2) is 33.9 Å². The quantitative estimate of drug-likeness (QED) is 0.493. The second-order valence-electron chi connectivity index (χ2n) is 7.35. The standard InChI is InChI=1S/C24H23ClN2O5S/c1-16-9-10-17(2)22(13-16)27(33(30,31)19-7-5-4-6-8-19)15-23(28)26-21-14-18(24(29)32-3)11-12-20(21)25/h4-14H,15H2,1-3H3,(H,26,28). The summed E-state index contributed by atoms with van der Waals surface area (Å²) < 4.78 is 32.7. The van der Waals surface area contributed by atoms with E-state index in [1.54, 1.807) is 37.3 Å². The molecule has 0 saturated carbocycles. The molecule has 0 bridgehead atoms. The number of hydrogen-bond acceptors (Lipinski definition) is 5. The third-order valence-electron chi connectivity index (χ3n) is 4.91. The number of hydrogen-bond donors (Lipinski definition) is 1. The zero-order valence-corrected chi connectivity index (χ0v) is 19.9. The van der Waals surface area contributed by atoms with Gasteiger partial charge in [-0.3, -0.25) is 9.10 Å². The molecule has 0 aliphatic carbocycles. The normalized spacial score (nSPS) is 11.0. The Morgan fingerprint density at radius 1 is 1.00 bits per heavy atom. The van der Waals surface area contributed by atoms with E-state index in [2.05, 4.69) is 5.32 Å². The minimum atomic E-state index is -4.05. The largest absolute Gasteiger partial charge is 0.465 e. The van der Waals surface area contributed by atoms with Gasteiger partial charge in [-0.1, -0.05) is 41.9 Å². The van der Waals surface area contributed by atoms with Crippen LogP contribution in [0.4, 0.5) is 11.4 Å². The summed E-state index contributed by atoms with van der Waals surface area (Å²) in [5.74, 6) is -1.22. The number of amides is 1. The molecular weight excluding hydrogens is 464 g/mol. The first-order chi connectivity index (χ1) is 15.6. The predicted octanol–water partition coefficient (Wildman–Crippen LogP) is 4.58. The summed E-state index contributed by atoms with van der Waals surface area (Å²) in [6, 6.07) is 17.6. The van der Waals surface area contributed by atoms with Gasteiger partial charge in [0.2, 0.25) is 5.91 Å². The lowest BCUT2D eigenvalue weighted by atomic mass is 10.1. The van der Waals surface area contributed by atoms with Crippen molar-refractivity contribution in [1.29, 1.82) is 0 Å². The lowest BCUT2D eigenvalue weighted by Crippen LogP contribution is -2.38. The lowest BCUT2D eigenvalue weighted by Gasteiger charge is -2.26. The molecule has 3 aromatic carbocycles. The number of nitrogens with zero attached hydrogens (tertiary/aromatic N) is 1. The molecule has 172 valence electrons. The fraction of sp³-hybridized carbons (Fsp3) is 0.167. The van der Waals surface area contributed by atoms with E-state index in [-0.39, 0.29) is 21.2 Å². The van der Waals surface area contributed by atoms with Crippen molar-refractivity contribution in [3.8, 4) is 0 Å². The number of anilines is 2. The molecule has 0 atom stereocenters. The van der Waals surface area contributed by atoms with Crippen molar-refractivity contribution in [3.63, 3.8) is 0 Å². The zero-order chi connectivity index (χ0) is 24.2. The number of methoxy groups -OCH3 is 1. The van der Waals surface area contributed by atoms with Crippen LogP contribution in [0.15, 0.2) is 71.6 Å². The van der Waals surface area contributed by atoms with Gasteiger partial charge in [0.1, 0.15) is 6.54 Å². The molecule has 9 heteroatoms. The van der Waals surface area contributed by atoms with Gasteiger partial charge in [0.25, 0.3) is 10.0 Å². The monoisotopic (exact) mass is 486 g/mol. The Balaban J connectivity index is 1.99. The average molecular weight is 487 g/mol. The van der Waals surface area contributed by atoms with Crippen molar-refractivity contribution in [1.82, 2.24) is 0 Å². The average Bonchev–Trinajstić information content (AvgIpc) is 2.80. The molecule has 0 radical (unpaired) electrons. The van der Waals surface area contributed by atoms with E-state index < -0.39 is 28.4 Å². The molecule has 0 spiro atoms. The van der Waals surface area contributed by atoms with Crippen molar-refractivity contribution in [2.24, 2.45) is 0 Å². The van der Waals surface area contributed by atoms with Gasteiger partial charge in [0.05, 0.1) is 34.0 Å². The second-order valence-corrected chi connectivity index (χ2v) is 9.62. The summed E-state index contributed by atoms with van der Waals surface area (Å²) in [5, 5.41) is 2.80. The molecule has 1 N–H and O–H groups in total. The Morgan fingerprint density at radius 2 is 1.70 bits per heavy atom. The molecule has 7 nitrogen and oxygen atoms in total. The first kappa shape index (κ1) is 24.3. The summed E-state index contributed by atoms with van der Waals surface area (Å²) in [7, 11) is -2.81. The first-order valence-corrected chi connectivity index (χ1v) is 11.8. The van der Waals surface area contributed by atoms with E-state index in [9.17, 15) is 18.0 Å². The van der Waals surface area contributed by atoms with E-state index in [1.807, 2.05) is 13.0 Å². The molecular formula is C24H23ClN2O5S. The van der Waals surface area contributed by atoms with Gasteiger partial charge in [0.15, 0.2) is 0 Å². The number of ether oxygens (including phenoxy) is 1. The van der Waals surface area contributed by atoms with Crippen LogP contribution >= 0.6 is 11.6 Å². The minimum Gasteiger partial charge on any atom is -0.465 e. The van der Waals surface area contributed by atoms with Crippen molar-refractivity contribution in [2.75, 3.05) is 23.3 Å². The molecule has 0 aromatic heterocycles. The number of benzene rings is 3. The fourth-order valence-electron chi connectivity index (χ4n) is 3.19. The lowest BCUT2D eigenvalue weighted by molar-refractivity contribution is -0.114. The van der Waals surface area contributed by atoms with Crippen molar-refractivity contribution in [2.45, 2.75) is 18.7 Å². The molecule has 0 aliphatic heterocycles. The summed E-state index contributed by atoms with van der Waals surface area (Å²) in [6.07, 6.45) is 0. The van der Waals surface area contributed by atoms with E-state index >= 15 is 0 Å². The van der Waals surface area contributed by atoms with Crippen LogP contribution in [0.5, 0.6) is 0 Å². The molecule has 0 heterocycles. The molecule has 3 rings (SSSR count). The SMILES string of the molecule is COC(=O)c1ccc(Cl)c(NC(=O)CN(c2cc(C)ccc2C)S(=O)(=O)c2ccccc2)c1. The number of esters is 1. The van der Waals surface area contributed by atoms with Gasteiger partial charge in [-0.05, 0) is 61.4 Å². The van der Waals surface area contributed by atoms with Gasteiger partial charge in [-0.2, -0.15) is 0 Å². The summed E-state index contributed by atoms with van der Waals surface area (Å²) in [4.78, 5) is 24.9. The number of aryl methyl sites for hydroxylation is 2. The number of sulfonamides is 1. The smallest absolute Gasteiger partial charge is 0.337 e. The van der Waals surface area contributed by atoms with Crippen molar-refractivity contribution < 1.29 is 22.7 Å². The van der Waals surface area contributed by atoms with Crippen molar-refractivity contribution >= 4 is 44.9 Å². The summed E-state index contributed by atoms with van der Waals surface area (Å²) >= 11 is 6.17. The Kier molecular flexibility index (Phi) is 7.40. The van der Waals surface area contributed by atoms with Gasteiger partial charge in [0, 0.05) is 0 Å². The molecule has 1 amide bonds. The molecule has 33 heavy (non-hydrogen) atoms. The highest BCUT2D eigenvalue weighted by atomic mass is 35.5. The third-order valence-corrected chi connectivity index (χ3v) is 7.02. The highest BCUT2D eigenvalue weighted by molar-refractivity contribution is 7.92. The van der Waals surface area contributed by atoms with Crippen LogP contribution in [0.3, 0.4) is 0 Å². The van der Waals surface area contributed by atoms with E-state index in [4.69, 9.17) is 16.3 Å². The number of rotatable bonds is 7. The summed E-state index contributed by atoms with van der Waals surface area (Å²) in [5.41, 5.74) is 2.29. The molecule has 0 aliphatic rings. The zero-order valence-electron chi connectivity index (χ0n) is 18.3. The third kappa shape index (κ3) is 5.53. The van der Waals surface area contributed by atoms with Gasteiger partial charge in [-0.25, -0.2) is 13.2 Å². The molecule has 3 aromatic rings. The molecule has 0 fully saturated rings. The fourth-order valence-corrected chi connectivity index (χ4v) is 4.86. The maximum atomic E-state index is 13.5. The molecule has 0 saturated heterocycles. The predicted molar refractivity (Wildman–Crippen MR) is 128 cm³/mol. The van der Waals surface area contributed by atoms with Crippen LogP contribution in [0, 0.1) is 13.8 Å². The number of carbonyl (C=O) groups excluding carboxylic acids is 2. The summed E-state index contributed by atoms with van der Waals surface area (Å²) in [6.45, 7) is 3.12. The minimum absolute atomic E-state index is 0.0597. The highest BCUT2D eigenvalue weighted by Crippen LogP contribution is 2.29. The number of nitrogens with one attached hydrogen (secondary N) is 1. The van der Waals surface area contributed by atoms with Gasteiger partial charge < -0.3 is 10.1 Å². The Bertz CT molecular complexity index is 1290. The van der Waals surface area contributed by atoms with Crippen LogP contribution in [0.2, 0.25) is 5.02 Å². The Hall–Kier alpha value is -3.36. The van der Waals surface area contributed by atoms with Gasteiger partial charge in [-0.15, -0.1) is 0 Å². The topological polar surface area (TPSA) is 92.8 Å². The van der Waals surface area contributed by atoms with Crippen LogP contribution in [0.1, 0.15) is 21.5 Å². The Labute approximate surface area is 198 Å². The molecule has 0 unspecified atom stereocenters. The second kappa shape index (κ2) is 10.1. The van der Waals surface area contributed by atoms with E-state index in [1.165, 1.54) is 37.4 Å². The highest BCUT2D eigenvalue weighted by Gasteiger charge is 2.28. The van der Waals surface area contributed by atoms with Gasteiger partial charge >= 0.3 is 5.97 Å². The van der Waals surface area contributed by atoms with Crippen LogP contribution < -0.4 is 9.62 Å².